The fourth-order valence-electron chi connectivity index (χ4n) is 3.14. The molecule has 0 heterocycles. The highest BCUT2D eigenvalue weighted by molar-refractivity contribution is 5.94. The Balaban J connectivity index is 2.07. The maximum absolute atomic E-state index is 13.2. The standard InChI is InChI=1S/C22H29FN2O/c1-14(2)19-8-6-7-16(5)22(19)25-20(26)13-24-21(15(3)4)17-9-11-18(23)12-10-17/h6-12,14-15,21,24H,13H2,1-5H3,(H,25,26). The van der Waals surface area contributed by atoms with Gasteiger partial charge in [-0.3, -0.25) is 4.79 Å². The van der Waals surface area contributed by atoms with Crippen LogP contribution in [0.1, 0.15) is 56.3 Å². The summed E-state index contributed by atoms with van der Waals surface area (Å²) in [5.74, 6) is 0.280. The second-order valence-corrected chi connectivity index (χ2v) is 7.40. The number of amides is 1. The molecule has 0 aliphatic rings. The van der Waals surface area contributed by atoms with Crippen LogP contribution >= 0.6 is 0 Å². The summed E-state index contributed by atoms with van der Waals surface area (Å²) in [5.41, 5.74) is 4.07. The molecule has 0 spiro atoms. The molecule has 0 saturated carbocycles. The molecule has 26 heavy (non-hydrogen) atoms. The third kappa shape index (κ3) is 5.15. The molecule has 1 unspecified atom stereocenters. The zero-order chi connectivity index (χ0) is 19.3. The third-order valence-corrected chi connectivity index (χ3v) is 4.57. The van der Waals surface area contributed by atoms with E-state index in [1.54, 1.807) is 12.1 Å². The van der Waals surface area contributed by atoms with Crippen LogP contribution in [0.25, 0.3) is 0 Å². The van der Waals surface area contributed by atoms with E-state index >= 15 is 0 Å². The van der Waals surface area contributed by atoms with Crippen LogP contribution in [0.4, 0.5) is 10.1 Å². The van der Waals surface area contributed by atoms with E-state index in [0.29, 0.717) is 5.92 Å². The number of aryl methyl sites for hydroxylation is 1. The SMILES string of the molecule is Cc1cccc(C(C)C)c1NC(=O)CNC(c1ccc(F)cc1)C(C)C. The molecular weight excluding hydrogens is 327 g/mol. The topological polar surface area (TPSA) is 41.1 Å². The average Bonchev–Trinajstić information content (AvgIpc) is 2.58. The van der Waals surface area contributed by atoms with Gasteiger partial charge in [0.25, 0.3) is 0 Å². The largest absolute Gasteiger partial charge is 0.324 e. The number of benzene rings is 2. The quantitative estimate of drug-likeness (QED) is 0.717. The zero-order valence-corrected chi connectivity index (χ0v) is 16.3. The highest BCUT2D eigenvalue weighted by atomic mass is 19.1. The molecule has 1 amide bonds. The third-order valence-electron chi connectivity index (χ3n) is 4.57. The lowest BCUT2D eigenvalue weighted by atomic mass is 9.96. The zero-order valence-electron chi connectivity index (χ0n) is 16.3. The Hall–Kier alpha value is -2.20. The molecule has 0 fully saturated rings. The van der Waals surface area contributed by atoms with E-state index in [1.807, 2.05) is 19.1 Å². The minimum atomic E-state index is -0.255. The number of hydrogen-bond acceptors (Lipinski definition) is 2. The minimum absolute atomic E-state index is 0.0113. The van der Waals surface area contributed by atoms with Gasteiger partial charge in [-0.1, -0.05) is 58.0 Å². The van der Waals surface area contributed by atoms with Crippen LogP contribution in [0.15, 0.2) is 42.5 Å². The molecule has 2 aromatic rings. The van der Waals surface area contributed by atoms with E-state index in [2.05, 4.69) is 44.4 Å². The van der Waals surface area contributed by atoms with Gasteiger partial charge in [0.15, 0.2) is 0 Å². The molecule has 2 N–H and O–H groups in total. The lowest BCUT2D eigenvalue weighted by Gasteiger charge is -2.23. The first-order valence-corrected chi connectivity index (χ1v) is 9.17. The second kappa shape index (κ2) is 8.95. The monoisotopic (exact) mass is 356 g/mol. The molecule has 2 aromatic carbocycles. The van der Waals surface area contributed by atoms with Crippen molar-refractivity contribution < 1.29 is 9.18 Å². The predicted octanol–water partition coefficient (Wildman–Crippen LogP) is 5.18. The number of carbonyl (C=O) groups excluding carboxylic acids is 1. The smallest absolute Gasteiger partial charge is 0.238 e. The molecule has 2 rings (SSSR count). The number of anilines is 1. The van der Waals surface area contributed by atoms with Gasteiger partial charge in [-0.15, -0.1) is 0 Å². The van der Waals surface area contributed by atoms with Crippen LogP contribution in [0, 0.1) is 18.7 Å². The van der Waals surface area contributed by atoms with Crippen LogP contribution in [0.5, 0.6) is 0 Å². The van der Waals surface area contributed by atoms with E-state index in [1.165, 1.54) is 12.1 Å². The van der Waals surface area contributed by atoms with E-state index in [4.69, 9.17) is 0 Å². The van der Waals surface area contributed by atoms with Crippen LogP contribution in [0.2, 0.25) is 0 Å². The molecule has 0 aliphatic carbocycles. The number of carbonyl (C=O) groups is 1. The summed E-state index contributed by atoms with van der Waals surface area (Å²) in [5, 5.41) is 6.36. The van der Waals surface area contributed by atoms with Crippen molar-refractivity contribution in [1.29, 1.82) is 0 Å². The van der Waals surface area contributed by atoms with Crippen LogP contribution < -0.4 is 10.6 Å². The molecule has 3 nitrogen and oxygen atoms in total. The first-order chi connectivity index (χ1) is 12.3. The summed E-state index contributed by atoms with van der Waals surface area (Å²) in [7, 11) is 0. The average molecular weight is 356 g/mol. The highest BCUT2D eigenvalue weighted by Crippen LogP contribution is 2.27. The highest BCUT2D eigenvalue weighted by Gasteiger charge is 2.18. The number of para-hydroxylation sites is 1. The lowest BCUT2D eigenvalue weighted by Crippen LogP contribution is -2.34. The maximum atomic E-state index is 13.2. The van der Waals surface area contributed by atoms with Gasteiger partial charge >= 0.3 is 0 Å². The Kier molecular flexibility index (Phi) is 6.92. The number of hydrogen-bond donors (Lipinski definition) is 2. The Morgan fingerprint density at radius 3 is 2.27 bits per heavy atom. The van der Waals surface area contributed by atoms with Crippen LogP contribution in [-0.4, -0.2) is 12.5 Å². The van der Waals surface area contributed by atoms with Gasteiger partial charge < -0.3 is 10.6 Å². The predicted molar refractivity (Wildman–Crippen MR) is 106 cm³/mol. The van der Waals surface area contributed by atoms with Crippen LogP contribution in [-0.2, 0) is 4.79 Å². The van der Waals surface area contributed by atoms with Gasteiger partial charge in [0.05, 0.1) is 6.54 Å². The molecule has 0 bridgehead atoms. The van der Waals surface area contributed by atoms with Crippen molar-refractivity contribution in [2.45, 2.75) is 46.6 Å². The number of nitrogens with one attached hydrogen (secondary N) is 2. The van der Waals surface area contributed by atoms with Crippen molar-refractivity contribution in [1.82, 2.24) is 5.32 Å². The summed E-state index contributed by atoms with van der Waals surface area (Å²) in [6.07, 6.45) is 0. The molecular formula is C22H29FN2O. The summed E-state index contributed by atoms with van der Waals surface area (Å²) >= 11 is 0. The fourth-order valence-corrected chi connectivity index (χ4v) is 3.14. The molecule has 0 saturated heterocycles. The normalized spacial score (nSPS) is 12.5. The molecule has 140 valence electrons. The Bertz CT molecular complexity index is 738. The van der Waals surface area contributed by atoms with E-state index in [-0.39, 0.29) is 30.2 Å². The van der Waals surface area contributed by atoms with Crippen molar-refractivity contribution in [3.05, 3.63) is 65.0 Å². The lowest BCUT2D eigenvalue weighted by molar-refractivity contribution is -0.115. The van der Waals surface area contributed by atoms with E-state index in [9.17, 15) is 9.18 Å². The van der Waals surface area contributed by atoms with Gasteiger partial charge in [0, 0.05) is 11.7 Å². The van der Waals surface area contributed by atoms with E-state index < -0.39 is 0 Å². The van der Waals surface area contributed by atoms with E-state index in [0.717, 1.165) is 22.4 Å². The Morgan fingerprint density at radius 2 is 1.69 bits per heavy atom. The first-order valence-electron chi connectivity index (χ1n) is 9.17. The van der Waals surface area contributed by atoms with Crippen molar-refractivity contribution >= 4 is 11.6 Å². The van der Waals surface area contributed by atoms with Crippen molar-refractivity contribution in [2.75, 3.05) is 11.9 Å². The second-order valence-electron chi connectivity index (χ2n) is 7.40. The van der Waals surface area contributed by atoms with Crippen LogP contribution in [0.3, 0.4) is 0 Å². The summed E-state index contributed by atoms with van der Waals surface area (Å²) < 4.78 is 13.2. The molecule has 0 aliphatic heterocycles. The van der Waals surface area contributed by atoms with Gasteiger partial charge in [0.1, 0.15) is 5.82 Å². The Labute approximate surface area is 156 Å². The molecule has 4 heteroatoms. The Morgan fingerprint density at radius 1 is 1.04 bits per heavy atom. The molecule has 1 atom stereocenters. The molecule has 0 aromatic heterocycles. The first kappa shape index (κ1) is 20.1. The summed E-state index contributed by atoms with van der Waals surface area (Å²) in [6, 6.07) is 12.5. The van der Waals surface area contributed by atoms with Crippen molar-refractivity contribution in [3.63, 3.8) is 0 Å². The summed E-state index contributed by atoms with van der Waals surface area (Å²) in [4.78, 5) is 12.5. The maximum Gasteiger partial charge on any atom is 0.238 e. The molecule has 0 radical (unpaired) electrons. The number of halogens is 1. The van der Waals surface area contributed by atoms with Crippen molar-refractivity contribution in [3.8, 4) is 0 Å². The van der Waals surface area contributed by atoms with Crippen molar-refractivity contribution in [2.24, 2.45) is 5.92 Å². The van der Waals surface area contributed by atoms with Gasteiger partial charge in [-0.2, -0.15) is 0 Å². The summed E-state index contributed by atoms with van der Waals surface area (Å²) in [6.45, 7) is 10.6. The fraction of sp³-hybridized carbons (Fsp3) is 0.409. The minimum Gasteiger partial charge on any atom is -0.324 e. The van der Waals surface area contributed by atoms with Gasteiger partial charge in [-0.05, 0) is 47.6 Å². The van der Waals surface area contributed by atoms with Gasteiger partial charge in [-0.25, -0.2) is 4.39 Å². The van der Waals surface area contributed by atoms with Gasteiger partial charge in [0.2, 0.25) is 5.91 Å². The number of rotatable bonds is 7.